The van der Waals surface area contributed by atoms with E-state index in [0.717, 1.165) is 0 Å². The molecule has 1 N–H and O–H groups in total. The van der Waals surface area contributed by atoms with Crippen LogP contribution in [0.5, 0.6) is 11.5 Å². The molecule has 1 aromatic carbocycles. The van der Waals surface area contributed by atoms with Crippen molar-refractivity contribution in [2.45, 2.75) is 30.9 Å². The zero-order valence-electron chi connectivity index (χ0n) is 15.5. The fraction of sp³-hybridized carbons (Fsp3) is 0.421. The minimum atomic E-state index is -3.74. The Bertz CT molecular complexity index is 914. The van der Waals surface area contributed by atoms with Crippen LogP contribution in [0.1, 0.15) is 30.9 Å². The SMILES string of the molecule is CC(C)(C)C(=O)NC[C@H](c1cccs1)S(=O)(=O)c1ccc2c(c1)OCCO2. The van der Waals surface area contributed by atoms with E-state index in [-0.39, 0.29) is 17.3 Å². The number of carbonyl (C=O) groups is 1. The first-order chi connectivity index (χ1) is 12.7. The van der Waals surface area contributed by atoms with Gasteiger partial charge in [-0.2, -0.15) is 0 Å². The number of carbonyl (C=O) groups excluding carboxylic acids is 1. The van der Waals surface area contributed by atoms with Gasteiger partial charge in [0.05, 0.1) is 4.90 Å². The maximum Gasteiger partial charge on any atom is 0.225 e. The van der Waals surface area contributed by atoms with Crippen LogP contribution in [0.25, 0.3) is 0 Å². The molecule has 0 aliphatic carbocycles. The van der Waals surface area contributed by atoms with Gasteiger partial charge in [-0.15, -0.1) is 11.3 Å². The molecule has 0 unspecified atom stereocenters. The minimum absolute atomic E-state index is 0.00733. The number of sulfone groups is 1. The third kappa shape index (κ3) is 4.27. The third-order valence-electron chi connectivity index (χ3n) is 4.21. The number of hydrogen-bond donors (Lipinski definition) is 1. The molecule has 1 amide bonds. The molecule has 0 saturated carbocycles. The van der Waals surface area contributed by atoms with Gasteiger partial charge in [-0.05, 0) is 23.6 Å². The Morgan fingerprint density at radius 2 is 1.89 bits per heavy atom. The Balaban J connectivity index is 1.92. The Labute approximate surface area is 163 Å². The van der Waals surface area contributed by atoms with Crippen LogP contribution in [0.15, 0.2) is 40.6 Å². The van der Waals surface area contributed by atoms with Gasteiger partial charge in [0.15, 0.2) is 21.3 Å². The second-order valence-electron chi connectivity index (χ2n) is 7.31. The van der Waals surface area contributed by atoms with Crippen molar-refractivity contribution in [2.75, 3.05) is 19.8 Å². The third-order valence-corrected chi connectivity index (χ3v) is 7.42. The van der Waals surface area contributed by atoms with Gasteiger partial charge in [0.25, 0.3) is 0 Å². The number of nitrogens with one attached hydrogen (secondary N) is 1. The van der Waals surface area contributed by atoms with Crippen LogP contribution in [0.2, 0.25) is 0 Å². The van der Waals surface area contributed by atoms with Crippen LogP contribution < -0.4 is 14.8 Å². The molecule has 3 rings (SSSR count). The van der Waals surface area contributed by atoms with E-state index in [2.05, 4.69) is 5.32 Å². The van der Waals surface area contributed by atoms with E-state index in [1.807, 2.05) is 5.38 Å². The molecule has 1 aliphatic rings. The average Bonchev–Trinajstić information content (AvgIpc) is 3.14. The van der Waals surface area contributed by atoms with Crippen molar-refractivity contribution in [3.63, 3.8) is 0 Å². The number of rotatable bonds is 5. The molecule has 0 saturated heterocycles. The first-order valence-corrected chi connectivity index (χ1v) is 11.1. The van der Waals surface area contributed by atoms with Crippen LogP contribution >= 0.6 is 11.3 Å². The summed E-state index contributed by atoms with van der Waals surface area (Å²) in [5.41, 5.74) is -0.596. The molecule has 2 heterocycles. The van der Waals surface area contributed by atoms with Crippen LogP contribution in [-0.2, 0) is 14.6 Å². The van der Waals surface area contributed by atoms with Crippen LogP contribution in [0.3, 0.4) is 0 Å². The maximum atomic E-state index is 13.3. The monoisotopic (exact) mass is 409 g/mol. The summed E-state index contributed by atoms with van der Waals surface area (Å²) in [4.78, 5) is 13.1. The Hall–Kier alpha value is -2.06. The summed E-state index contributed by atoms with van der Waals surface area (Å²) < 4.78 is 37.7. The van der Waals surface area contributed by atoms with Gasteiger partial charge in [-0.3, -0.25) is 4.79 Å². The molecule has 146 valence electrons. The predicted octanol–water partition coefficient (Wildman–Crippen LogP) is 3.20. The van der Waals surface area contributed by atoms with Crippen molar-refractivity contribution in [2.24, 2.45) is 5.41 Å². The molecule has 6 nitrogen and oxygen atoms in total. The fourth-order valence-corrected chi connectivity index (χ4v) is 5.45. The highest BCUT2D eigenvalue weighted by Gasteiger charge is 2.33. The molecule has 2 aromatic rings. The minimum Gasteiger partial charge on any atom is -0.486 e. The number of thiophene rings is 1. The van der Waals surface area contributed by atoms with Gasteiger partial charge in [0.1, 0.15) is 18.5 Å². The number of benzene rings is 1. The predicted molar refractivity (Wildman–Crippen MR) is 104 cm³/mol. The van der Waals surface area contributed by atoms with Crippen LogP contribution in [0.4, 0.5) is 0 Å². The summed E-state index contributed by atoms with van der Waals surface area (Å²) in [6, 6.07) is 8.21. The van der Waals surface area contributed by atoms with Crippen molar-refractivity contribution in [3.05, 3.63) is 40.6 Å². The van der Waals surface area contributed by atoms with Crippen molar-refractivity contribution < 1.29 is 22.7 Å². The summed E-state index contributed by atoms with van der Waals surface area (Å²) >= 11 is 1.35. The summed E-state index contributed by atoms with van der Waals surface area (Å²) in [7, 11) is -3.74. The van der Waals surface area contributed by atoms with E-state index in [1.165, 1.54) is 23.5 Å². The highest BCUT2D eigenvalue weighted by molar-refractivity contribution is 7.91. The van der Waals surface area contributed by atoms with E-state index in [0.29, 0.717) is 29.6 Å². The lowest BCUT2D eigenvalue weighted by molar-refractivity contribution is -0.128. The lowest BCUT2D eigenvalue weighted by Crippen LogP contribution is -2.38. The Morgan fingerprint density at radius 1 is 1.19 bits per heavy atom. The topological polar surface area (TPSA) is 81.7 Å². The first kappa shape index (κ1) is 19.7. The molecular weight excluding hydrogens is 386 g/mol. The molecule has 0 fully saturated rings. The number of amides is 1. The zero-order chi connectivity index (χ0) is 19.7. The maximum absolute atomic E-state index is 13.3. The Kier molecular flexibility index (Phi) is 5.48. The van der Waals surface area contributed by atoms with Crippen LogP contribution in [-0.4, -0.2) is 34.1 Å². The lowest BCUT2D eigenvalue weighted by Gasteiger charge is -2.23. The van der Waals surface area contributed by atoms with Gasteiger partial charge in [-0.1, -0.05) is 26.8 Å². The summed E-state index contributed by atoms with van der Waals surface area (Å²) in [5.74, 6) is 0.765. The second kappa shape index (κ2) is 7.52. The molecule has 1 atom stereocenters. The summed E-state index contributed by atoms with van der Waals surface area (Å²) in [6.07, 6.45) is 0. The normalized spacial score (nSPS) is 15.2. The highest BCUT2D eigenvalue weighted by Crippen LogP contribution is 2.37. The summed E-state index contributed by atoms with van der Waals surface area (Å²) in [5, 5.41) is 3.74. The second-order valence-corrected chi connectivity index (χ2v) is 10.4. The number of hydrogen-bond acceptors (Lipinski definition) is 6. The van der Waals surface area contributed by atoms with E-state index < -0.39 is 20.5 Å². The summed E-state index contributed by atoms with van der Waals surface area (Å²) in [6.45, 7) is 6.20. The van der Waals surface area contributed by atoms with Crippen molar-refractivity contribution in [3.8, 4) is 11.5 Å². The van der Waals surface area contributed by atoms with E-state index >= 15 is 0 Å². The molecular formula is C19H23NO5S2. The van der Waals surface area contributed by atoms with Crippen molar-refractivity contribution >= 4 is 27.1 Å². The molecule has 8 heteroatoms. The quantitative estimate of drug-likeness (QED) is 0.820. The van der Waals surface area contributed by atoms with Crippen LogP contribution in [0, 0.1) is 5.41 Å². The van der Waals surface area contributed by atoms with E-state index in [9.17, 15) is 13.2 Å². The molecule has 0 radical (unpaired) electrons. The van der Waals surface area contributed by atoms with Gasteiger partial charge in [0, 0.05) is 22.9 Å². The van der Waals surface area contributed by atoms with E-state index in [4.69, 9.17) is 9.47 Å². The lowest BCUT2D eigenvalue weighted by atomic mass is 9.96. The molecule has 0 bridgehead atoms. The fourth-order valence-electron chi connectivity index (χ4n) is 2.65. The van der Waals surface area contributed by atoms with Gasteiger partial charge >= 0.3 is 0 Å². The number of ether oxygens (including phenoxy) is 2. The smallest absolute Gasteiger partial charge is 0.225 e. The molecule has 1 aromatic heterocycles. The Morgan fingerprint density at radius 3 is 2.52 bits per heavy atom. The zero-order valence-corrected chi connectivity index (χ0v) is 17.2. The van der Waals surface area contributed by atoms with Gasteiger partial charge in [-0.25, -0.2) is 8.42 Å². The largest absolute Gasteiger partial charge is 0.486 e. The van der Waals surface area contributed by atoms with Crippen molar-refractivity contribution in [1.29, 1.82) is 0 Å². The average molecular weight is 410 g/mol. The molecule has 1 aliphatic heterocycles. The molecule has 27 heavy (non-hydrogen) atoms. The number of fused-ring (bicyclic) bond motifs is 1. The van der Waals surface area contributed by atoms with Crippen molar-refractivity contribution in [1.82, 2.24) is 5.32 Å². The van der Waals surface area contributed by atoms with E-state index in [1.54, 1.807) is 39.0 Å². The van der Waals surface area contributed by atoms with Gasteiger partial charge < -0.3 is 14.8 Å². The van der Waals surface area contributed by atoms with Gasteiger partial charge in [0.2, 0.25) is 5.91 Å². The molecule has 0 spiro atoms. The standard InChI is InChI=1S/C19H23NO5S2/c1-19(2,3)18(21)20-12-17(16-5-4-10-26-16)27(22,23)13-6-7-14-15(11-13)25-9-8-24-14/h4-7,10-11,17H,8-9,12H2,1-3H3,(H,20,21)/t17-/m1/s1. The first-order valence-electron chi connectivity index (χ1n) is 8.65. The highest BCUT2D eigenvalue weighted by atomic mass is 32.2.